The van der Waals surface area contributed by atoms with Gasteiger partial charge in [-0.05, 0) is 160 Å². The molecular weight excluding hydrogens is 911 g/mol. The molecule has 6 rings (SSSR count). The van der Waals surface area contributed by atoms with Crippen molar-refractivity contribution in [2.45, 2.75) is 190 Å². The number of ketones is 2. The quantitative estimate of drug-likeness (QED) is 0.0671. The van der Waals surface area contributed by atoms with Crippen LogP contribution in [0, 0.1) is 23.7 Å². The number of rotatable bonds is 25. The molecule has 0 spiro atoms. The Bertz CT molecular complexity index is 2520. The molecule has 0 saturated heterocycles. The molecule has 0 fully saturated rings. The normalized spacial score (nSPS) is 18.1. The summed E-state index contributed by atoms with van der Waals surface area (Å²) >= 11 is 1.75. The number of fused-ring (bicyclic) bond motifs is 1. The molecule has 0 radical (unpaired) electrons. The fourth-order valence-electron chi connectivity index (χ4n) is 10.9. The maximum atomic E-state index is 15.7. The highest BCUT2D eigenvalue weighted by atomic mass is 32.1. The molecule has 4 atom stereocenters. The van der Waals surface area contributed by atoms with Gasteiger partial charge in [0.1, 0.15) is 11.2 Å². The molecule has 1 N–H and O–H groups in total. The topological polar surface area (TPSA) is 98.8 Å². The third-order valence-electron chi connectivity index (χ3n) is 14.7. The number of carbonyl (C=O) groups is 4. The van der Waals surface area contributed by atoms with Crippen LogP contribution in [0.25, 0.3) is 21.6 Å². The third kappa shape index (κ3) is 15.0. The molecule has 0 bridgehead atoms. The van der Waals surface area contributed by atoms with E-state index in [9.17, 15) is 9.59 Å². The number of benzene rings is 2. The smallest absolute Gasteiger partial charge is 0.407 e. The van der Waals surface area contributed by atoms with Crippen LogP contribution in [0.15, 0.2) is 107 Å². The standard InChI is InChI=1S/C64H85NO6S/c1-12-16-18-22-44(15-4)40-52-58(51-34-33-50(42(51)5)47-29-25-46(26-30-47)37-38-65-62(69)71-64(9,10)11)59-53(66)41-49(39-43(14-3)21-17-13-2)57(60(59)61(52)68)55-36-35-54(72-55)48-31-27-45(28-32-48)23-19-20-24-56(67)70-63(6,7)8/h25-36,43-44,49,52H,5,12-24,37-41H2,1-4,6-11H3,(H,65,69). The largest absolute Gasteiger partial charge is 0.460 e. The van der Waals surface area contributed by atoms with Crippen molar-refractivity contribution in [1.82, 2.24) is 5.32 Å². The minimum absolute atomic E-state index is 0.0459. The molecule has 3 aromatic rings. The van der Waals surface area contributed by atoms with Crippen LogP contribution in [0.5, 0.6) is 0 Å². The molecule has 3 aliphatic rings. The number of hydrogen-bond acceptors (Lipinski definition) is 7. The van der Waals surface area contributed by atoms with Gasteiger partial charge in [0.15, 0.2) is 11.6 Å². The van der Waals surface area contributed by atoms with E-state index in [1.54, 1.807) is 11.3 Å². The molecule has 3 aliphatic carbocycles. The average molecular weight is 996 g/mol. The van der Waals surface area contributed by atoms with E-state index in [4.69, 9.17) is 16.1 Å². The summed E-state index contributed by atoms with van der Waals surface area (Å²) in [6, 6.07) is 21.6. The summed E-state index contributed by atoms with van der Waals surface area (Å²) in [4.78, 5) is 57.6. The molecule has 4 unspecified atom stereocenters. The maximum absolute atomic E-state index is 15.7. The fraction of sp³-hybridized carbons (Fsp3) is 0.531. The molecule has 1 aromatic heterocycles. The van der Waals surface area contributed by atoms with E-state index in [1.165, 1.54) is 12.0 Å². The second-order valence-corrected chi connectivity index (χ2v) is 23.7. The van der Waals surface area contributed by atoms with Gasteiger partial charge >= 0.3 is 12.1 Å². The maximum Gasteiger partial charge on any atom is 0.407 e. The van der Waals surface area contributed by atoms with Gasteiger partial charge in [-0.3, -0.25) is 14.4 Å². The van der Waals surface area contributed by atoms with Crippen LogP contribution >= 0.6 is 11.3 Å². The molecule has 72 heavy (non-hydrogen) atoms. The monoisotopic (exact) mass is 996 g/mol. The van der Waals surface area contributed by atoms with Gasteiger partial charge in [-0.15, -0.1) is 11.3 Å². The van der Waals surface area contributed by atoms with Crippen molar-refractivity contribution in [2.75, 3.05) is 6.54 Å². The van der Waals surface area contributed by atoms with Crippen LogP contribution in [0.3, 0.4) is 0 Å². The SMILES string of the molecule is C=C1C(C2=C3C(=O)CC(CC(CC)CCCC)C(c4ccc(-c5ccc(CCCCC(=O)OC(C)(C)C)cc5)s4)=C3C(=O)C2CC(CC)CCCCC)=CC=C1c1ccc(CCNC(=O)OC(C)(C)C)cc1. The molecule has 388 valence electrons. The molecule has 1 amide bonds. The second-order valence-electron chi connectivity index (χ2n) is 22.6. The van der Waals surface area contributed by atoms with Crippen LogP contribution in [0.4, 0.5) is 4.79 Å². The third-order valence-corrected chi connectivity index (χ3v) is 15.8. The Hall–Kier alpha value is -5.08. The first-order chi connectivity index (χ1) is 34.3. The van der Waals surface area contributed by atoms with Crippen LogP contribution in [-0.4, -0.2) is 41.4 Å². The number of ether oxygens (including phenoxy) is 2. The van der Waals surface area contributed by atoms with Gasteiger partial charge in [0.2, 0.25) is 0 Å². The molecule has 0 saturated carbocycles. The Kier molecular flexibility index (Phi) is 20.1. The summed E-state index contributed by atoms with van der Waals surface area (Å²) in [5.74, 6) is 0.417. The molecule has 7 nitrogen and oxygen atoms in total. The lowest BCUT2D eigenvalue weighted by Gasteiger charge is -2.30. The van der Waals surface area contributed by atoms with E-state index in [2.05, 4.69) is 106 Å². The number of allylic oxidation sites excluding steroid dienone is 9. The number of esters is 1. The predicted molar refractivity (Wildman–Crippen MR) is 299 cm³/mol. The lowest BCUT2D eigenvalue weighted by atomic mass is 9.73. The van der Waals surface area contributed by atoms with Crippen LogP contribution in [-0.2, 0) is 36.7 Å². The number of amides is 1. The van der Waals surface area contributed by atoms with E-state index >= 15 is 9.59 Å². The van der Waals surface area contributed by atoms with Crippen molar-refractivity contribution in [3.63, 3.8) is 0 Å². The van der Waals surface area contributed by atoms with Gasteiger partial charge < -0.3 is 14.8 Å². The summed E-state index contributed by atoms with van der Waals surface area (Å²) in [5, 5.41) is 2.86. The first-order valence-corrected chi connectivity index (χ1v) is 28.3. The number of carbonyl (C=O) groups excluding carboxylic acids is 4. The highest BCUT2D eigenvalue weighted by molar-refractivity contribution is 7.16. The van der Waals surface area contributed by atoms with E-state index in [0.29, 0.717) is 48.8 Å². The van der Waals surface area contributed by atoms with Gasteiger partial charge in [-0.25, -0.2) is 4.79 Å². The van der Waals surface area contributed by atoms with Crippen molar-refractivity contribution in [2.24, 2.45) is 23.7 Å². The second kappa shape index (κ2) is 25.7. The van der Waals surface area contributed by atoms with Crippen LogP contribution in [0.2, 0.25) is 0 Å². The highest BCUT2D eigenvalue weighted by Crippen LogP contribution is 2.55. The van der Waals surface area contributed by atoms with Gasteiger partial charge in [0, 0.05) is 46.2 Å². The minimum atomic E-state index is -0.553. The van der Waals surface area contributed by atoms with Crippen molar-refractivity contribution < 1.29 is 28.7 Å². The zero-order valence-corrected chi connectivity index (χ0v) is 46.3. The Morgan fingerprint density at radius 2 is 1.26 bits per heavy atom. The van der Waals surface area contributed by atoms with Crippen molar-refractivity contribution in [3.8, 4) is 10.4 Å². The van der Waals surface area contributed by atoms with Crippen molar-refractivity contribution in [3.05, 3.63) is 129 Å². The lowest BCUT2D eigenvalue weighted by molar-refractivity contribution is -0.155. The number of alkyl carbamates (subject to hydrolysis) is 1. The van der Waals surface area contributed by atoms with E-state index in [-0.39, 0.29) is 23.5 Å². The number of Topliss-reactive ketones (excluding diaryl/α,β-unsaturated/α-hetero) is 2. The molecule has 2 aromatic carbocycles. The zero-order chi connectivity index (χ0) is 52.2. The van der Waals surface area contributed by atoms with Gasteiger partial charge in [-0.1, -0.05) is 153 Å². The minimum Gasteiger partial charge on any atom is -0.460 e. The van der Waals surface area contributed by atoms with Crippen LogP contribution < -0.4 is 5.32 Å². The Morgan fingerprint density at radius 3 is 1.90 bits per heavy atom. The first kappa shape index (κ1) is 56.2. The van der Waals surface area contributed by atoms with Gasteiger partial charge in [-0.2, -0.15) is 0 Å². The average Bonchev–Trinajstić information content (AvgIpc) is 4.04. The number of unbranched alkanes of at least 4 members (excludes halogenated alkanes) is 4. The Balaban J connectivity index is 1.34. The summed E-state index contributed by atoms with van der Waals surface area (Å²) in [6.07, 6.45) is 19.4. The first-order valence-electron chi connectivity index (χ1n) is 27.5. The van der Waals surface area contributed by atoms with E-state index < -0.39 is 23.2 Å². The molecular formula is C64H85NO6S. The summed E-state index contributed by atoms with van der Waals surface area (Å²) in [6.45, 7) is 25.4. The lowest BCUT2D eigenvalue weighted by Crippen LogP contribution is -2.33. The number of hydrogen-bond donors (Lipinski definition) is 1. The number of thiophene rings is 1. The summed E-state index contributed by atoms with van der Waals surface area (Å²) in [7, 11) is 0. The number of nitrogens with one attached hydrogen (secondary N) is 1. The Morgan fingerprint density at radius 1 is 0.667 bits per heavy atom. The van der Waals surface area contributed by atoms with E-state index in [1.807, 2.05) is 41.5 Å². The number of aryl methyl sites for hydroxylation is 1. The molecule has 8 heteroatoms. The Labute approximate surface area is 437 Å². The fourth-order valence-corrected chi connectivity index (χ4v) is 12.0. The van der Waals surface area contributed by atoms with E-state index in [0.717, 1.165) is 138 Å². The van der Waals surface area contributed by atoms with Crippen LogP contribution in [0.1, 0.15) is 187 Å². The summed E-state index contributed by atoms with van der Waals surface area (Å²) < 4.78 is 10.9. The van der Waals surface area contributed by atoms with Crippen molar-refractivity contribution in [1.29, 1.82) is 0 Å². The molecule has 1 heterocycles. The molecule has 0 aliphatic heterocycles. The zero-order valence-electron chi connectivity index (χ0n) is 45.5. The van der Waals surface area contributed by atoms with Crippen molar-refractivity contribution >= 4 is 46.1 Å². The predicted octanol–water partition coefficient (Wildman–Crippen LogP) is 16.6. The van der Waals surface area contributed by atoms with Gasteiger partial charge in [0.05, 0.1) is 0 Å². The summed E-state index contributed by atoms with van der Waals surface area (Å²) in [5.41, 5.74) is 9.51. The highest BCUT2D eigenvalue weighted by Gasteiger charge is 2.48. The van der Waals surface area contributed by atoms with Gasteiger partial charge in [0.25, 0.3) is 0 Å².